The number of nitrogens with zero attached hydrogens (tertiary/aromatic N) is 8. The number of carbonyl (C=O) groups is 1. The molecule has 0 radical (unpaired) electrons. The van der Waals surface area contributed by atoms with Crippen molar-refractivity contribution in [2.45, 2.75) is 103 Å². The third-order valence-corrected chi connectivity index (χ3v) is 12.8. The number of fused-ring (bicyclic) bond motifs is 2. The largest absolute Gasteiger partial charge is 0.444 e. The van der Waals surface area contributed by atoms with Gasteiger partial charge in [-0.15, -0.1) is 0 Å². The zero-order valence-corrected chi connectivity index (χ0v) is 37.0. The van der Waals surface area contributed by atoms with Gasteiger partial charge >= 0.3 is 17.5 Å². The number of benzene rings is 2. The van der Waals surface area contributed by atoms with Crippen molar-refractivity contribution in [3.8, 4) is 0 Å². The summed E-state index contributed by atoms with van der Waals surface area (Å²) in [6.07, 6.45) is 4.14. The highest BCUT2D eigenvalue weighted by Gasteiger charge is 2.38. The molecule has 2 aromatic carbocycles. The van der Waals surface area contributed by atoms with Gasteiger partial charge in [-0.1, -0.05) is 0 Å². The summed E-state index contributed by atoms with van der Waals surface area (Å²) in [5.74, 6) is 10.4. The first kappa shape index (κ1) is 45.6. The van der Waals surface area contributed by atoms with Gasteiger partial charge < -0.3 is 46.5 Å². The first-order chi connectivity index (χ1) is 30.3. The molecule has 4 atom stereocenters. The standard InChI is InChI=1S/C24H31FN6O4.C20H25FN6O2/c1-13-19-16(21(32)31(26)23(34)30(19)15-6-7-15)10-17(25)20(13)29-9-8-14(12-29)18(11-27-5)28-22(33)35-24(2,3)4;1-11-17-14(19(28)27(22)20(29)26(17)13-4-5-13)8-15(21)18(11)25-7-6-12(10-25)16(24-3)9-23-2/h10,14-15,18H,6-9,11-12,26H2,1-4H3,(H,28,33);8,12-13,16,24H,4-7,9-10,22H2,1,3H3. The lowest BCUT2D eigenvalue weighted by atomic mass is 9.99. The Labute approximate surface area is 367 Å². The van der Waals surface area contributed by atoms with Crippen LogP contribution in [0.4, 0.5) is 25.0 Å². The van der Waals surface area contributed by atoms with E-state index in [1.807, 2.05) is 16.8 Å². The van der Waals surface area contributed by atoms with Crippen LogP contribution in [0.2, 0.25) is 0 Å². The van der Waals surface area contributed by atoms with Crippen LogP contribution in [0.1, 0.15) is 82.5 Å². The zero-order chi connectivity index (χ0) is 46.5. The number of alkyl carbamates (subject to hydrolysis) is 1. The molecule has 6 N–H and O–H groups in total. The van der Waals surface area contributed by atoms with Crippen molar-refractivity contribution < 1.29 is 18.3 Å². The van der Waals surface area contributed by atoms with Crippen LogP contribution in [0.25, 0.3) is 31.5 Å². The summed E-state index contributed by atoms with van der Waals surface area (Å²) >= 11 is 0. The second-order valence-corrected chi connectivity index (χ2v) is 18.4. The van der Waals surface area contributed by atoms with Gasteiger partial charge in [0.1, 0.15) is 23.3 Å². The van der Waals surface area contributed by atoms with Gasteiger partial charge in [0, 0.05) is 61.2 Å². The van der Waals surface area contributed by atoms with Crippen molar-refractivity contribution in [1.82, 2.24) is 29.1 Å². The van der Waals surface area contributed by atoms with Crippen molar-refractivity contribution in [3.63, 3.8) is 0 Å². The molecule has 342 valence electrons. The Balaban J connectivity index is 0.000000195. The lowest BCUT2D eigenvalue weighted by Gasteiger charge is -2.26. The number of aromatic nitrogens is 4. The van der Waals surface area contributed by atoms with Gasteiger partial charge in [-0.05, 0) is 92.3 Å². The minimum absolute atomic E-state index is 0.00363. The molecule has 4 aromatic rings. The van der Waals surface area contributed by atoms with Crippen LogP contribution < -0.4 is 54.6 Å². The van der Waals surface area contributed by atoms with Gasteiger partial charge in [-0.25, -0.2) is 36.3 Å². The fraction of sp³-hybridized carbons (Fsp3) is 0.568. The molecule has 2 saturated heterocycles. The number of anilines is 2. The number of ether oxygens (including phenoxy) is 1. The predicted molar refractivity (Wildman–Crippen MR) is 241 cm³/mol. The van der Waals surface area contributed by atoms with Crippen LogP contribution in [0, 0.1) is 50.5 Å². The third-order valence-electron chi connectivity index (χ3n) is 12.8. The molecule has 64 heavy (non-hydrogen) atoms. The maximum atomic E-state index is 15.4. The highest BCUT2D eigenvalue weighted by molar-refractivity contribution is 5.88. The van der Waals surface area contributed by atoms with E-state index < -0.39 is 51.9 Å². The highest BCUT2D eigenvalue weighted by Crippen LogP contribution is 2.41. The van der Waals surface area contributed by atoms with Crippen molar-refractivity contribution in [1.29, 1.82) is 0 Å². The molecule has 2 aliphatic heterocycles. The molecule has 0 bridgehead atoms. The van der Waals surface area contributed by atoms with E-state index in [-0.39, 0.29) is 47.3 Å². The van der Waals surface area contributed by atoms with Gasteiger partial charge in [-0.3, -0.25) is 18.7 Å². The molecule has 2 aliphatic carbocycles. The minimum atomic E-state index is -0.728. The van der Waals surface area contributed by atoms with Crippen LogP contribution in [0.15, 0.2) is 31.3 Å². The van der Waals surface area contributed by atoms with Crippen molar-refractivity contribution in [2.75, 3.05) is 67.8 Å². The molecule has 2 saturated carbocycles. The Hall–Kier alpha value is -6.41. The number of hydrogen-bond acceptors (Lipinski definition) is 11. The zero-order valence-electron chi connectivity index (χ0n) is 37.0. The van der Waals surface area contributed by atoms with Gasteiger partial charge in [-0.2, -0.15) is 9.35 Å². The van der Waals surface area contributed by atoms with E-state index in [9.17, 15) is 24.0 Å². The average Bonchev–Trinajstić information content (AvgIpc) is 4.16. The molecule has 4 unspecified atom stereocenters. The third kappa shape index (κ3) is 8.62. The second kappa shape index (κ2) is 17.6. The molecule has 20 heteroatoms. The number of halogens is 2. The second-order valence-electron chi connectivity index (χ2n) is 18.4. The molecule has 18 nitrogen and oxygen atoms in total. The SMILES string of the molecule is [C-]#[N+]CC(NC(=O)OC(C)(C)C)C1CCN(c2c(F)cc3c(=O)n(N)c(=O)n(C4CC4)c3c2C)C1.[C-]#[N+]CC(NC)C1CCN(c2c(F)cc3c(=O)n(N)c(=O)n(C4CC4)c3c2C)C1. The monoisotopic (exact) mass is 886 g/mol. The highest BCUT2D eigenvalue weighted by atomic mass is 19.1. The van der Waals surface area contributed by atoms with Gasteiger partial charge in [0.2, 0.25) is 13.1 Å². The van der Waals surface area contributed by atoms with E-state index in [1.165, 1.54) is 10.6 Å². The van der Waals surface area contributed by atoms with E-state index in [1.54, 1.807) is 39.2 Å². The Morgan fingerprint density at radius 1 is 0.766 bits per heavy atom. The quantitative estimate of drug-likeness (QED) is 0.134. The summed E-state index contributed by atoms with van der Waals surface area (Å²) in [5, 5.41) is 6.20. The van der Waals surface area contributed by atoms with Crippen LogP contribution in [-0.2, 0) is 4.74 Å². The Morgan fingerprint density at radius 3 is 1.55 bits per heavy atom. The lowest BCUT2D eigenvalue weighted by molar-refractivity contribution is 0.0493. The predicted octanol–water partition coefficient (Wildman–Crippen LogP) is 3.29. The number of amides is 1. The normalized spacial score (nSPS) is 19.5. The van der Waals surface area contributed by atoms with Crippen LogP contribution in [0.3, 0.4) is 0 Å². The van der Waals surface area contributed by atoms with Gasteiger partial charge in [0.25, 0.3) is 11.1 Å². The molecular formula is C44H56F2N12O6. The summed E-state index contributed by atoms with van der Waals surface area (Å²) in [4.78, 5) is 73.8. The smallest absolute Gasteiger partial charge is 0.408 e. The van der Waals surface area contributed by atoms with Gasteiger partial charge in [0.05, 0.1) is 39.2 Å². The molecule has 4 aliphatic rings. The Kier molecular flexibility index (Phi) is 12.6. The molecular weight excluding hydrogens is 831 g/mol. The van der Waals surface area contributed by atoms with E-state index >= 15 is 8.78 Å². The summed E-state index contributed by atoms with van der Waals surface area (Å²) in [6, 6.07) is 1.90. The van der Waals surface area contributed by atoms with E-state index in [0.717, 1.165) is 38.2 Å². The molecule has 8 rings (SSSR count). The lowest BCUT2D eigenvalue weighted by Crippen LogP contribution is -2.45. The van der Waals surface area contributed by atoms with Crippen molar-refractivity contribution in [2.24, 2.45) is 11.8 Å². The molecule has 0 spiro atoms. The van der Waals surface area contributed by atoms with Crippen molar-refractivity contribution >= 4 is 39.3 Å². The summed E-state index contributed by atoms with van der Waals surface area (Å²) in [7, 11) is 1.84. The van der Waals surface area contributed by atoms with Crippen molar-refractivity contribution in [3.05, 3.63) is 99.4 Å². The van der Waals surface area contributed by atoms with Crippen LogP contribution >= 0.6 is 0 Å². The number of nitrogens with one attached hydrogen (secondary N) is 2. The first-order valence-corrected chi connectivity index (χ1v) is 21.7. The first-order valence-electron chi connectivity index (χ1n) is 21.7. The number of nitrogens with two attached hydrogens (primary N) is 2. The maximum Gasteiger partial charge on any atom is 0.408 e. The number of aryl methyl sites for hydroxylation is 2. The molecule has 4 heterocycles. The number of carbonyl (C=O) groups excluding carboxylic acids is 1. The number of rotatable bonds is 10. The molecule has 2 aromatic heterocycles. The molecule has 1 amide bonds. The summed E-state index contributed by atoms with van der Waals surface area (Å²) < 4.78 is 40.1. The van der Waals surface area contributed by atoms with E-state index in [4.69, 9.17) is 29.6 Å². The Morgan fingerprint density at radius 2 is 1.17 bits per heavy atom. The fourth-order valence-electron chi connectivity index (χ4n) is 9.52. The Bertz CT molecular complexity index is 2840. The fourth-order valence-corrected chi connectivity index (χ4v) is 9.52. The summed E-state index contributed by atoms with van der Waals surface area (Å²) in [5.41, 5.74) is -0.500. The topological polar surface area (TPSA) is 206 Å². The number of likely N-dealkylation sites (N-methyl/N-ethyl adjacent to an activating group) is 1. The minimum Gasteiger partial charge on any atom is -0.444 e. The molecule has 4 fully saturated rings. The number of hydrogen-bond donors (Lipinski definition) is 4. The van der Waals surface area contributed by atoms with Gasteiger partial charge in [0.15, 0.2) is 0 Å². The van der Waals surface area contributed by atoms with Crippen LogP contribution in [-0.4, -0.2) is 88.6 Å². The maximum absolute atomic E-state index is 15.4. The van der Waals surface area contributed by atoms with E-state index in [0.29, 0.717) is 82.0 Å². The van der Waals surface area contributed by atoms with E-state index in [2.05, 4.69) is 20.3 Å². The van der Waals surface area contributed by atoms with Crippen LogP contribution in [0.5, 0.6) is 0 Å². The summed E-state index contributed by atoms with van der Waals surface area (Å²) in [6.45, 7) is 25.8. The average molecular weight is 887 g/mol. The number of nitrogen functional groups attached to an aromatic ring is 2.